The van der Waals surface area contributed by atoms with Gasteiger partial charge in [0, 0.05) is 0 Å². The van der Waals surface area contributed by atoms with Gasteiger partial charge in [-0.05, 0) is 0 Å². The molecular weight excluding hydrogens is 148 g/mol. The van der Waals surface area contributed by atoms with E-state index in [9.17, 15) is 0 Å². The van der Waals surface area contributed by atoms with E-state index >= 15 is 0 Å². The Bertz CT molecular complexity index is 57.3. The smallest absolute Gasteiger partial charge is 0.233 e. The fourth-order valence-electron chi connectivity index (χ4n) is 0.150. The molecular formula is C3H9ClO3Si. The first-order valence-electron chi connectivity index (χ1n) is 2.20. The molecule has 0 aliphatic heterocycles. The highest BCUT2D eigenvalue weighted by molar-refractivity contribution is 7.20. The van der Waals surface area contributed by atoms with Crippen LogP contribution in [0.25, 0.3) is 0 Å². The molecule has 0 fully saturated rings. The summed E-state index contributed by atoms with van der Waals surface area (Å²) in [4.78, 5) is 0. The summed E-state index contributed by atoms with van der Waals surface area (Å²) in [5.41, 5.74) is 0. The summed E-state index contributed by atoms with van der Waals surface area (Å²) < 4.78 is 0. The summed E-state index contributed by atoms with van der Waals surface area (Å²) >= 11 is 5.48. The Morgan fingerprint density at radius 2 is 1.25 bits per heavy atom. The number of aliphatic hydroxyl groups excluding tert-OH is 3. The van der Waals surface area contributed by atoms with E-state index in [0.29, 0.717) is 0 Å². The monoisotopic (exact) mass is 156 g/mol. The first-order chi connectivity index (χ1) is 3.68. The van der Waals surface area contributed by atoms with Crippen molar-refractivity contribution in [1.82, 2.24) is 0 Å². The summed E-state index contributed by atoms with van der Waals surface area (Å²) in [6.07, 6.45) is -0.829. The normalized spacial score (nSPS) is 12.0. The van der Waals surface area contributed by atoms with Gasteiger partial charge in [0.15, 0.2) is 0 Å². The van der Waals surface area contributed by atoms with Crippen LogP contribution in [0.5, 0.6) is 0 Å². The van der Waals surface area contributed by atoms with E-state index in [4.69, 9.17) is 26.4 Å². The van der Waals surface area contributed by atoms with Crippen molar-refractivity contribution < 1.29 is 15.3 Å². The zero-order valence-electron chi connectivity index (χ0n) is 4.34. The topological polar surface area (TPSA) is 60.7 Å². The molecule has 0 saturated heterocycles. The standard InChI is InChI=1S/C3H9ClO3Si/c4-8(1-5,2-6)3-7/h5-7H,1-3H2. The SMILES string of the molecule is OC[Si](Cl)(CO)CO. The molecule has 50 valence electrons. The van der Waals surface area contributed by atoms with Crippen molar-refractivity contribution in [3.05, 3.63) is 0 Å². The van der Waals surface area contributed by atoms with E-state index in [-0.39, 0.29) is 18.7 Å². The van der Waals surface area contributed by atoms with Gasteiger partial charge >= 0.3 is 0 Å². The largest absolute Gasteiger partial charge is 0.398 e. The molecule has 0 heterocycles. The molecule has 0 unspecified atom stereocenters. The summed E-state index contributed by atoms with van der Waals surface area (Å²) in [5.74, 6) is 0. The molecule has 3 nitrogen and oxygen atoms in total. The maximum Gasteiger partial charge on any atom is 0.233 e. The highest BCUT2D eigenvalue weighted by atomic mass is 35.6. The Hall–Kier alpha value is 0.387. The lowest BCUT2D eigenvalue weighted by Crippen LogP contribution is -2.42. The minimum Gasteiger partial charge on any atom is -0.398 e. The Morgan fingerprint density at radius 1 is 1.00 bits per heavy atom. The van der Waals surface area contributed by atoms with Crippen LogP contribution in [0.2, 0.25) is 0 Å². The molecule has 0 rings (SSSR count). The molecule has 0 aromatic carbocycles. The van der Waals surface area contributed by atoms with Crippen molar-refractivity contribution in [3.8, 4) is 0 Å². The molecule has 0 spiro atoms. The number of rotatable bonds is 3. The van der Waals surface area contributed by atoms with E-state index in [1.54, 1.807) is 0 Å². The molecule has 0 aromatic rings. The van der Waals surface area contributed by atoms with Crippen LogP contribution < -0.4 is 0 Å². The number of hydrogen-bond acceptors (Lipinski definition) is 3. The molecule has 0 atom stereocenters. The van der Waals surface area contributed by atoms with Crippen LogP contribution in [0.1, 0.15) is 0 Å². The molecule has 3 N–H and O–H groups in total. The van der Waals surface area contributed by atoms with Gasteiger partial charge in [-0.3, -0.25) is 0 Å². The van der Waals surface area contributed by atoms with Gasteiger partial charge in [-0.15, -0.1) is 0 Å². The summed E-state index contributed by atoms with van der Waals surface area (Å²) in [5, 5.41) is 25.2. The number of halogens is 1. The molecule has 0 aliphatic carbocycles. The fraction of sp³-hybridized carbons (Fsp3) is 1.00. The quantitative estimate of drug-likeness (QED) is 0.354. The minimum absolute atomic E-state index is 0.276. The van der Waals surface area contributed by atoms with E-state index in [1.807, 2.05) is 0 Å². The van der Waals surface area contributed by atoms with Crippen molar-refractivity contribution in [2.24, 2.45) is 0 Å². The van der Waals surface area contributed by atoms with Gasteiger partial charge in [0.2, 0.25) is 7.38 Å². The number of hydrogen-bond donors (Lipinski definition) is 3. The van der Waals surface area contributed by atoms with Crippen LogP contribution >= 0.6 is 11.1 Å². The highest BCUT2D eigenvalue weighted by Crippen LogP contribution is 2.03. The molecule has 0 amide bonds. The molecule has 0 aromatic heterocycles. The lowest BCUT2D eigenvalue weighted by molar-refractivity contribution is 0.295. The molecule has 8 heavy (non-hydrogen) atoms. The average molecular weight is 157 g/mol. The molecule has 0 radical (unpaired) electrons. The van der Waals surface area contributed by atoms with Gasteiger partial charge in [0.25, 0.3) is 0 Å². The molecule has 5 heteroatoms. The lowest BCUT2D eigenvalue weighted by Gasteiger charge is -2.13. The predicted molar refractivity (Wildman–Crippen MR) is 32.9 cm³/mol. The Labute approximate surface area is 53.2 Å². The maximum atomic E-state index is 8.40. The Morgan fingerprint density at radius 3 is 1.25 bits per heavy atom. The second-order valence-electron chi connectivity index (χ2n) is 1.63. The van der Waals surface area contributed by atoms with E-state index < -0.39 is 7.38 Å². The van der Waals surface area contributed by atoms with Gasteiger partial charge in [-0.1, -0.05) is 0 Å². The zero-order valence-corrected chi connectivity index (χ0v) is 6.10. The third-order valence-electron chi connectivity index (χ3n) is 0.850. The zero-order chi connectivity index (χ0) is 6.62. The van der Waals surface area contributed by atoms with Gasteiger partial charge in [-0.2, -0.15) is 11.1 Å². The van der Waals surface area contributed by atoms with Crippen LogP contribution in [-0.2, 0) is 0 Å². The highest BCUT2D eigenvalue weighted by Gasteiger charge is 2.28. The Balaban J connectivity index is 3.58. The van der Waals surface area contributed by atoms with Crippen LogP contribution in [0, 0.1) is 0 Å². The first-order valence-corrected chi connectivity index (χ1v) is 5.83. The van der Waals surface area contributed by atoms with Crippen molar-refractivity contribution >= 4 is 18.5 Å². The van der Waals surface area contributed by atoms with E-state index in [1.165, 1.54) is 0 Å². The van der Waals surface area contributed by atoms with Gasteiger partial charge in [0.1, 0.15) is 0 Å². The third kappa shape index (κ3) is 2.10. The number of aliphatic hydroxyl groups is 3. The van der Waals surface area contributed by atoms with Crippen LogP contribution in [0.3, 0.4) is 0 Å². The van der Waals surface area contributed by atoms with Crippen molar-refractivity contribution in [1.29, 1.82) is 0 Å². The van der Waals surface area contributed by atoms with Crippen molar-refractivity contribution in [2.45, 2.75) is 0 Å². The predicted octanol–water partition coefficient (Wildman–Crippen LogP) is -1.23. The summed E-state index contributed by atoms with van der Waals surface area (Å²) in [7, 11) is -2.53. The first kappa shape index (κ1) is 8.39. The molecule has 0 bridgehead atoms. The molecule has 0 aliphatic rings. The van der Waals surface area contributed by atoms with Gasteiger partial charge in [-0.25, -0.2) is 0 Å². The second kappa shape index (κ2) is 3.42. The van der Waals surface area contributed by atoms with Crippen molar-refractivity contribution in [3.63, 3.8) is 0 Å². The summed E-state index contributed by atoms with van der Waals surface area (Å²) in [6.45, 7) is 0. The second-order valence-corrected chi connectivity index (χ2v) is 7.28. The fourth-order valence-corrected chi connectivity index (χ4v) is 0.450. The summed E-state index contributed by atoms with van der Waals surface area (Å²) in [6, 6.07) is 0. The molecule has 0 saturated carbocycles. The van der Waals surface area contributed by atoms with Gasteiger partial charge < -0.3 is 15.3 Å². The maximum absolute atomic E-state index is 8.40. The van der Waals surface area contributed by atoms with Crippen LogP contribution in [0.4, 0.5) is 0 Å². The van der Waals surface area contributed by atoms with Crippen LogP contribution in [0.15, 0.2) is 0 Å². The van der Waals surface area contributed by atoms with Crippen molar-refractivity contribution in [2.75, 3.05) is 18.7 Å². The van der Waals surface area contributed by atoms with Crippen LogP contribution in [-0.4, -0.2) is 41.4 Å². The third-order valence-corrected chi connectivity index (χ3v) is 3.63. The van der Waals surface area contributed by atoms with Gasteiger partial charge in [0.05, 0.1) is 18.7 Å². The minimum atomic E-state index is -2.53. The average Bonchev–Trinajstić information content (AvgIpc) is 1.87. The van der Waals surface area contributed by atoms with E-state index in [0.717, 1.165) is 0 Å². The van der Waals surface area contributed by atoms with E-state index in [2.05, 4.69) is 0 Å². The Kier molecular flexibility index (Phi) is 3.59. The lowest BCUT2D eigenvalue weighted by atomic mass is 11.6.